The number of hydrogen-bond acceptors (Lipinski definition) is 2. The molecule has 68 valence electrons. The highest BCUT2D eigenvalue weighted by Crippen LogP contribution is 2.19. The fourth-order valence-corrected chi connectivity index (χ4v) is 1.76. The molecule has 0 aliphatic heterocycles. The zero-order chi connectivity index (χ0) is 9.68. The van der Waals surface area contributed by atoms with Crippen LogP contribution in [0.5, 0.6) is 0 Å². The predicted molar refractivity (Wildman–Crippen MR) is 54.6 cm³/mol. The lowest BCUT2D eigenvalue weighted by molar-refractivity contribution is -0.115. The minimum absolute atomic E-state index is 0.331. The molecule has 13 heavy (non-hydrogen) atoms. The second-order valence-electron chi connectivity index (χ2n) is 2.77. The summed E-state index contributed by atoms with van der Waals surface area (Å²) in [6, 6.07) is 4.05. The van der Waals surface area contributed by atoms with Crippen molar-refractivity contribution in [2.75, 3.05) is 6.54 Å². The van der Waals surface area contributed by atoms with Gasteiger partial charge >= 0.3 is 0 Å². The molecule has 0 bridgehead atoms. The molecule has 1 atom stereocenters. The van der Waals surface area contributed by atoms with Crippen molar-refractivity contribution in [1.29, 1.82) is 0 Å². The van der Waals surface area contributed by atoms with E-state index in [1.165, 1.54) is 4.88 Å². The lowest BCUT2D eigenvalue weighted by atomic mass is 10.1. The lowest BCUT2D eigenvalue weighted by Gasteiger charge is -2.08. The number of terminal acetylenes is 1. The molecule has 0 spiro atoms. The van der Waals surface area contributed by atoms with Crippen LogP contribution in [0.2, 0.25) is 0 Å². The summed E-state index contributed by atoms with van der Waals surface area (Å²) in [6.07, 6.45) is 4.92. The molecule has 1 aromatic rings. The van der Waals surface area contributed by atoms with E-state index in [2.05, 4.69) is 18.3 Å². The van der Waals surface area contributed by atoms with Gasteiger partial charge in [-0.15, -0.1) is 17.8 Å². The number of thiophene rings is 1. The molecule has 0 aliphatic carbocycles. The van der Waals surface area contributed by atoms with Gasteiger partial charge in [0.1, 0.15) is 0 Å². The molecule has 0 aliphatic rings. The van der Waals surface area contributed by atoms with Gasteiger partial charge in [-0.3, -0.25) is 4.79 Å². The van der Waals surface area contributed by atoms with Crippen LogP contribution >= 0.6 is 11.3 Å². The van der Waals surface area contributed by atoms with Crippen molar-refractivity contribution in [3.05, 3.63) is 22.4 Å². The molecular formula is C10H11NOS. The average molecular weight is 193 g/mol. The van der Waals surface area contributed by atoms with E-state index in [1.807, 2.05) is 17.4 Å². The van der Waals surface area contributed by atoms with E-state index in [0.717, 1.165) is 0 Å². The van der Waals surface area contributed by atoms with Gasteiger partial charge in [0.2, 0.25) is 0 Å². The number of hydrogen-bond donors (Lipinski definition) is 1. The second-order valence-corrected chi connectivity index (χ2v) is 3.75. The summed E-state index contributed by atoms with van der Waals surface area (Å²) in [5.74, 6) is 2.01. The fraction of sp³-hybridized carbons (Fsp3) is 0.300. The summed E-state index contributed by atoms with van der Waals surface area (Å²) in [5.41, 5.74) is 0. The van der Waals surface area contributed by atoms with Crippen LogP contribution in [0.3, 0.4) is 0 Å². The minimum Gasteiger partial charge on any atom is -0.345 e. The van der Waals surface area contributed by atoms with E-state index in [9.17, 15) is 4.79 Å². The van der Waals surface area contributed by atoms with Crippen molar-refractivity contribution in [1.82, 2.24) is 5.32 Å². The SMILES string of the molecule is C#CC(=O)NCC(C)c1cccs1. The van der Waals surface area contributed by atoms with Gasteiger partial charge in [-0.05, 0) is 17.4 Å². The van der Waals surface area contributed by atoms with Gasteiger partial charge in [-0.1, -0.05) is 13.0 Å². The molecule has 1 rings (SSSR count). The van der Waals surface area contributed by atoms with Crippen molar-refractivity contribution >= 4 is 17.2 Å². The third kappa shape index (κ3) is 2.92. The Morgan fingerprint density at radius 1 is 1.85 bits per heavy atom. The molecule has 0 saturated heterocycles. The monoisotopic (exact) mass is 193 g/mol. The number of carbonyl (C=O) groups is 1. The Morgan fingerprint density at radius 3 is 3.15 bits per heavy atom. The topological polar surface area (TPSA) is 29.1 Å². The van der Waals surface area contributed by atoms with Crippen molar-refractivity contribution < 1.29 is 4.79 Å². The largest absolute Gasteiger partial charge is 0.345 e. The molecule has 1 unspecified atom stereocenters. The Labute approximate surface area is 82.0 Å². The standard InChI is InChI=1S/C10H11NOS/c1-3-10(12)11-7-8(2)9-5-4-6-13-9/h1,4-6,8H,7H2,2H3,(H,11,12). The maximum atomic E-state index is 10.7. The van der Waals surface area contributed by atoms with Gasteiger partial charge in [0, 0.05) is 17.3 Å². The summed E-state index contributed by atoms with van der Waals surface area (Å²) >= 11 is 1.69. The Balaban J connectivity index is 2.39. The summed E-state index contributed by atoms with van der Waals surface area (Å²) in [6.45, 7) is 2.66. The molecule has 0 fully saturated rings. The average Bonchev–Trinajstić information content (AvgIpc) is 2.66. The van der Waals surface area contributed by atoms with Crippen LogP contribution in [0, 0.1) is 12.3 Å². The van der Waals surface area contributed by atoms with E-state index in [-0.39, 0.29) is 5.91 Å². The van der Waals surface area contributed by atoms with Crippen LogP contribution < -0.4 is 5.32 Å². The quantitative estimate of drug-likeness (QED) is 0.726. The fourth-order valence-electron chi connectivity index (χ4n) is 0.969. The van der Waals surface area contributed by atoms with Crippen molar-refractivity contribution in [2.45, 2.75) is 12.8 Å². The van der Waals surface area contributed by atoms with Crippen molar-refractivity contribution in [3.8, 4) is 12.3 Å². The van der Waals surface area contributed by atoms with Crippen LogP contribution in [0.4, 0.5) is 0 Å². The third-order valence-corrected chi connectivity index (χ3v) is 2.83. The van der Waals surface area contributed by atoms with Gasteiger partial charge in [-0.2, -0.15) is 0 Å². The lowest BCUT2D eigenvalue weighted by Crippen LogP contribution is -2.25. The maximum Gasteiger partial charge on any atom is 0.295 e. The first kappa shape index (κ1) is 9.82. The highest BCUT2D eigenvalue weighted by molar-refractivity contribution is 7.10. The number of carbonyl (C=O) groups excluding carboxylic acids is 1. The molecular weight excluding hydrogens is 182 g/mol. The zero-order valence-corrected chi connectivity index (χ0v) is 8.23. The maximum absolute atomic E-state index is 10.7. The third-order valence-electron chi connectivity index (χ3n) is 1.73. The minimum atomic E-state index is -0.344. The van der Waals surface area contributed by atoms with E-state index < -0.39 is 0 Å². The first-order valence-corrected chi connectivity index (χ1v) is 4.90. The Hall–Kier alpha value is -1.27. The Kier molecular flexibility index (Phi) is 3.53. The molecule has 1 N–H and O–H groups in total. The molecule has 2 nitrogen and oxygen atoms in total. The van der Waals surface area contributed by atoms with Crippen LogP contribution in [0.25, 0.3) is 0 Å². The zero-order valence-electron chi connectivity index (χ0n) is 7.41. The Morgan fingerprint density at radius 2 is 2.62 bits per heavy atom. The molecule has 0 aromatic carbocycles. The van der Waals surface area contributed by atoms with Gasteiger partial charge in [0.05, 0.1) is 0 Å². The van der Waals surface area contributed by atoms with E-state index in [0.29, 0.717) is 12.5 Å². The summed E-state index contributed by atoms with van der Waals surface area (Å²) in [5, 5.41) is 4.67. The molecule has 0 saturated carbocycles. The number of rotatable bonds is 3. The van der Waals surface area contributed by atoms with E-state index in [4.69, 9.17) is 6.42 Å². The van der Waals surface area contributed by atoms with Crippen molar-refractivity contribution in [3.63, 3.8) is 0 Å². The van der Waals surface area contributed by atoms with Crippen LogP contribution in [0.15, 0.2) is 17.5 Å². The summed E-state index contributed by atoms with van der Waals surface area (Å²) in [4.78, 5) is 12.0. The molecule has 1 aromatic heterocycles. The molecule has 1 heterocycles. The highest BCUT2D eigenvalue weighted by atomic mass is 32.1. The predicted octanol–water partition coefficient (Wildman–Crippen LogP) is 1.60. The normalized spacial score (nSPS) is 11.7. The first-order chi connectivity index (χ1) is 6.24. The molecule has 1 amide bonds. The number of nitrogens with one attached hydrogen (secondary N) is 1. The van der Waals surface area contributed by atoms with Crippen molar-refractivity contribution in [2.24, 2.45) is 0 Å². The van der Waals surface area contributed by atoms with Crippen LogP contribution in [-0.2, 0) is 4.79 Å². The second kappa shape index (κ2) is 4.68. The van der Waals surface area contributed by atoms with Gasteiger partial charge in [-0.25, -0.2) is 0 Å². The summed E-state index contributed by atoms with van der Waals surface area (Å²) < 4.78 is 0. The number of amides is 1. The van der Waals surface area contributed by atoms with E-state index >= 15 is 0 Å². The Bertz CT molecular complexity index is 310. The molecule has 0 radical (unpaired) electrons. The highest BCUT2D eigenvalue weighted by Gasteiger charge is 2.06. The van der Waals surface area contributed by atoms with Crippen LogP contribution in [-0.4, -0.2) is 12.5 Å². The first-order valence-electron chi connectivity index (χ1n) is 4.02. The molecule has 3 heteroatoms. The van der Waals surface area contributed by atoms with Gasteiger partial charge < -0.3 is 5.32 Å². The van der Waals surface area contributed by atoms with E-state index in [1.54, 1.807) is 11.3 Å². The van der Waals surface area contributed by atoms with Gasteiger partial charge in [0.25, 0.3) is 5.91 Å². The van der Waals surface area contributed by atoms with Crippen LogP contribution in [0.1, 0.15) is 17.7 Å². The summed E-state index contributed by atoms with van der Waals surface area (Å²) in [7, 11) is 0. The van der Waals surface area contributed by atoms with Gasteiger partial charge in [0.15, 0.2) is 0 Å². The smallest absolute Gasteiger partial charge is 0.295 e.